The summed E-state index contributed by atoms with van der Waals surface area (Å²) in [6.45, 7) is 8.77. The Morgan fingerprint density at radius 3 is 2.32 bits per heavy atom. The minimum atomic E-state index is -1.43. The highest BCUT2D eigenvalue weighted by atomic mass is 28.3. The van der Waals surface area contributed by atoms with Gasteiger partial charge in [0.2, 0.25) is 0 Å². The lowest BCUT2D eigenvalue weighted by Crippen LogP contribution is -2.29. The third kappa shape index (κ3) is 7.47. The second-order valence-corrected chi connectivity index (χ2v) is 6.79. The molecule has 0 heterocycles. The topological polar surface area (TPSA) is 30.5 Å². The van der Waals surface area contributed by atoms with E-state index in [9.17, 15) is 0 Å². The molecule has 0 saturated carbocycles. The van der Waals surface area contributed by atoms with Crippen LogP contribution < -0.4 is 5.32 Å². The first-order valence-corrected chi connectivity index (χ1v) is 9.02. The van der Waals surface area contributed by atoms with Crippen molar-refractivity contribution in [1.29, 1.82) is 0 Å². The zero-order valence-corrected chi connectivity index (χ0v) is 13.5. The second-order valence-electron chi connectivity index (χ2n) is 4.69. The molecule has 1 aromatic rings. The lowest BCUT2D eigenvalue weighted by atomic mass is 10.2. The van der Waals surface area contributed by atoms with Crippen LogP contribution in [-0.4, -0.2) is 28.5 Å². The Morgan fingerprint density at radius 1 is 1.11 bits per heavy atom. The number of benzene rings is 1. The van der Waals surface area contributed by atoms with Crippen LogP contribution >= 0.6 is 0 Å². The van der Waals surface area contributed by atoms with E-state index in [1.165, 1.54) is 5.56 Å². The monoisotopic (exact) mass is 281 g/mol. The number of rotatable bonds is 10. The van der Waals surface area contributed by atoms with Crippen molar-refractivity contribution in [2.24, 2.45) is 0 Å². The second kappa shape index (κ2) is 10.1. The van der Waals surface area contributed by atoms with Gasteiger partial charge in [0, 0.05) is 25.8 Å². The summed E-state index contributed by atoms with van der Waals surface area (Å²) in [6.07, 6.45) is 1.11. The molecule has 1 rings (SSSR count). The molecule has 0 aliphatic heterocycles. The first kappa shape index (κ1) is 16.4. The van der Waals surface area contributed by atoms with Gasteiger partial charge in [-0.2, -0.15) is 0 Å². The van der Waals surface area contributed by atoms with Crippen LogP contribution in [0.1, 0.15) is 32.8 Å². The van der Waals surface area contributed by atoms with Crippen molar-refractivity contribution in [1.82, 2.24) is 5.32 Å². The van der Waals surface area contributed by atoms with Crippen molar-refractivity contribution >= 4 is 9.28 Å². The lowest BCUT2D eigenvalue weighted by molar-refractivity contribution is 0.211. The minimum absolute atomic E-state index is 0.496. The fourth-order valence-electron chi connectivity index (χ4n) is 1.96. The van der Waals surface area contributed by atoms with Gasteiger partial charge in [0.1, 0.15) is 0 Å². The molecule has 0 fully saturated rings. The van der Waals surface area contributed by atoms with Crippen molar-refractivity contribution in [2.45, 2.75) is 45.8 Å². The van der Waals surface area contributed by atoms with Gasteiger partial charge in [0.25, 0.3) is 0 Å². The summed E-state index contributed by atoms with van der Waals surface area (Å²) >= 11 is 0. The Kier molecular flexibility index (Phi) is 8.74. The van der Waals surface area contributed by atoms with E-state index in [0.717, 1.165) is 32.2 Å². The van der Waals surface area contributed by atoms with E-state index in [-0.39, 0.29) is 0 Å². The summed E-state index contributed by atoms with van der Waals surface area (Å²) in [7, 11) is -1.43. The van der Waals surface area contributed by atoms with Crippen LogP contribution in [-0.2, 0) is 15.4 Å². The summed E-state index contributed by atoms with van der Waals surface area (Å²) in [5.41, 5.74) is 1.33. The van der Waals surface area contributed by atoms with Gasteiger partial charge in [0.15, 0.2) is 0 Å². The molecule has 108 valence electrons. The van der Waals surface area contributed by atoms with E-state index in [1.54, 1.807) is 0 Å². The Balaban J connectivity index is 2.21. The molecule has 0 radical (unpaired) electrons. The smallest absolute Gasteiger partial charge is 0.321 e. The highest BCUT2D eigenvalue weighted by Gasteiger charge is 2.13. The molecule has 0 aliphatic carbocycles. The van der Waals surface area contributed by atoms with Crippen LogP contribution in [0.3, 0.4) is 0 Å². The third-order valence-electron chi connectivity index (χ3n) is 3.04. The van der Waals surface area contributed by atoms with E-state index in [1.807, 2.05) is 19.9 Å². The average molecular weight is 281 g/mol. The Hall–Kier alpha value is -0.683. The molecule has 0 saturated heterocycles. The minimum Gasteiger partial charge on any atom is -0.397 e. The van der Waals surface area contributed by atoms with Crippen molar-refractivity contribution in [2.75, 3.05) is 13.2 Å². The molecule has 1 atom stereocenters. The van der Waals surface area contributed by atoms with E-state index in [4.69, 9.17) is 8.85 Å². The van der Waals surface area contributed by atoms with E-state index >= 15 is 0 Å². The van der Waals surface area contributed by atoms with Crippen LogP contribution in [0.2, 0.25) is 6.04 Å². The van der Waals surface area contributed by atoms with Crippen LogP contribution in [0.4, 0.5) is 0 Å². The quantitative estimate of drug-likeness (QED) is 0.669. The standard InChI is InChI=1S/C15H27NO2Si/c1-4-17-19(18-5-2)12-11-14(3)16-13-15-9-7-6-8-10-15/h6-10,14,16,19H,4-5,11-13H2,1-3H3. The molecule has 0 aromatic heterocycles. The molecular weight excluding hydrogens is 254 g/mol. The van der Waals surface area contributed by atoms with Gasteiger partial charge in [-0.15, -0.1) is 0 Å². The Labute approximate surface area is 119 Å². The van der Waals surface area contributed by atoms with Crippen LogP contribution in [0, 0.1) is 0 Å². The molecule has 1 unspecified atom stereocenters. The fourth-order valence-corrected chi connectivity index (χ4v) is 3.91. The molecule has 0 amide bonds. The van der Waals surface area contributed by atoms with Crippen molar-refractivity contribution in [3.8, 4) is 0 Å². The zero-order chi connectivity index (χ0) is 13.9. The van der Waals surface area contributed by atoms with Crippen LogP contribution in [0.5, 0.6) is 0 Å². The maximum absolute atomic E-state index is 5.68. The van der Waals surface area contributed by atoms with Crippen LogP contribution in [0.25, 0.3) is 0 Å². The molecule has 0 aliphatic rings. The predicted molar refractivity (Wildman–Crippen MR) is 82.6 cm³/mol. The van der Waals surface area contributed by atoms with Crippen molar-refractivity contribution < 1.29 is 8.85 Å². The highest BCUT2D eigenvalue weighted by molar-refractivity contribution is 6.44. The van der Waals surface area contributed by atoms with Crippen LogP contribution in [0.15, 0.2) is 30.3 Å². The van der Waals surface area contributed by atoms with Crippen molar-refractivity contribution in [3.63, 3.8) is 0 Å². The SMILES string of the molecule is CCO[SiH](CCC(C)NCc1ccccc1)OCC. The molecule has 19 heavy (non-hydrogen) atoms. The van der Waals surface area contributed by atoms with Crippen molar-refractivity contribution in [3.05, 3.63) is 35.9 Å². The summed E-state index contributed by atoms with van der Waals surface area (Å²) < 4.78 is 11.4. The van der Waals surface area contributed by atoms with E-state index in [2.05, 4.69) is 36.5 Å². The maximum atomic E-state index is 5.68. The van der Waals surface area contributed by atoms with Gasteiger partial charge in [-0.05, 0) is 38.8 Å². The number of nitrogens with one attached hydrogen (secondary N) is 1. The average Bonchev–Trinajstić information content (AvgIpc) is 2.44. The molecule has 0 bridgehead atoms. The number of hydrogen-bond donors (Lipinski definition) is 1. The van der Waals surface area contributed by atoms with Gasteiger partial charge in [-0.25, -0.2) is 0 Å². The van der Waals surface area contributed by atoms with E-state index < -0.39 is 9.28 Å². The summed E-state index contributed by atoms with van der Waals surface area (Å²) in [5.74, 6) is 0. The summed E-state index contributed by atoms with van der Waals surface area (Å²) in [4.78, 5) is 0. The highest BCUT2D eigenvalue weighted by Crippen LogP contribution is 2.06. The zero-order valence-electron chi connectivity index (χ0n) is 12.4. The summed E-state index contributed by atoms with van der Waals surface area (Å²) in [6, 6.07) is 12.1. The molecular formula is C15H27NO2Si. The molecule has 1 aromatic carbocycles. The first-order valence-electron chi connectivity index (χ1n) is 7.26. The Bertz CT molecular complexity index is 315. The molecule has 4 heteroatoms. The Morgan fingerprint density at radius 2 is 1.74 bits per heavy atom. The van der Waals surface area contributed by atoms with Gasteiger partial charge >= 0.3 is 9.28 Å². The number of hydrogen-bond acceptors (Lipinski definition) is 3. The largest absolute Gasteiger partial charge is 0.397 e. The van der Waals surface area contributed by atoms with Gasteiger partial charge in [0.05, 0.1) is 0 Å². The normalized spacial score (nSPS) is 12.8. The van der Waals surface area contributed by atoms with Gasteiger partial charge < -0.3 is 14.2 Å². The third-order valence-corrected chi connectivity index (χ3v) is 5.25. The van der Waals surface area contributed by atoms with E-state index in [0.29, 0.717) is 6.04 Å². The lowest BCUT2D eigenvalue weighted by Gasteiger charge is -2.18. The first-order chi connectivity index (χ1) is 9.26. The molecule has 1 N–H and O–H groups in total. The van der Waals surface area contributed by atoms with Gasteiger partial charge in [-0.1, -0.05) is 30.3 Å². The summed E-state index contributed by atoms with van der Waals surface area (Å²) in [5, 5.41) is 3.55. The van der Waals surface area contributed by atoms with Gasteiger partial charge in [-0.3, -0.25) is 0 Å². The maximum Gasteiger partial charge on any atom is 0.321 e. The fraction of sp³-hybridized carbons (Fsp3) is 0.600. The predicted octanol–water partition coefficient (Wildman–Crippen LogP) is 2.85. The molecule has 3 nitrogen and oxygen atoms in total. The molecule has 0 spiro atoms.